The first-order valence-corrected chi connectivity index (χ1v) is 4.29. The summed E-state index contributed by atoms with van der Waals surface area (Å²) in [7, 11) is 0. The van der Waals surface area contributed by atoms with Crippen LogP contribution in [0.3, 0.4) is 0 Å². The fourth-order valence-corrected chi connectivity index (χ4v) is 1.87. The van der Waals surface area contributed by atoms with Crippen molar-refractivity contribution in [2.24, 2.45) is 5.92 Å². The fourth-order valence-electron chi connectivity index (χ4n) is 1.87. The summed E-state index contributed by atoms with van der Waals surface area (Å²) in [5, 5.41) is 0. The number of hydrogen-bond acceptors (Lipinski definition) is 1. The molecule has 2 atom stereocenters. The third-order valence-electron chi connectivity index (χ3n) is 2.45. The normalized spacial score (nSPS) is 37.3. The van der Waals surface area contributed by atoms with Gasteiger partial charge in [0.25, 0.3) is 0 Å². The first-order valence-electron chi connectivity index (χ1n) is 4.29. The Hall–Kier alpha value is -0.300. The number of rotatable bonds is 0. The van der Waals surface area contributed by atoms with Crippen LogP contribution in [0.2, 0.25) is 0 Å². The zero-order valence-electron chi connectivity index (χ0n) is 7.98. The van der Waals surface area contributed by atoms with Gasteiger partial charge in [-0.15, -0.1) is 0 Å². The van der Waals surface area contributed by atoms with Gasteiger partial charge in [-0.2, -0.15) is 0 Å². The SMILES string of the molecule is C=C1C(C)CC(C)(C)OC1C. The van der Waals surface area contributed by atoms with Crippen LogP contribution in [-0.4, -0.2) is 11.7 Å². The van der Waals surface area contributed by atoms with E-state index >= 15 is 0 Å². The summed E-state index contributed by atoms with van der Waals surface area (Å²) < 4.78 is 5.76. The van der Waals surface area contributed by atoms with Crippen molar-refractivity contribution in [1.82, 2.24) is 0 Å². The minimum Gasteiger partial charge on any atom is -0.368 e. The smallest absolute Gasteiger partial charge is 0.0764 e. The van der Waals surface area contributed by atoms with Gasteiger partial charge < -0.3 is 4.74 Å². The van der Waals surface area contributed by atoms with E-state index in [4.69, 9.17) is 4.74 Å². The van der Waals surface area contributed by atoms with Crippen LogP contribution < -0.4 is 0 Å². The van der Waals surface area contributed by atoms with Gasteiger partial charge in [0.2, 0.25) is 0 Å². The zero-order chi connectivity index (χ0) is 8.65. The van der Waals surface area contributed by atoms with Gasteiger partial charge in [0.1, 0.15) is 0 Å². The molecule has 0 radical (unpaired) electrons. The minimum absolute atomic E-state index is 0.0417. The van der Waals surface area contributed by atoms with Crippen LogP contribution >= 0.6 is 0 Å². The maximum absolute atomic E-state index is 5.76. The second kappa shape index (κ2) is 2.63. The Balaban J connectivity index is 2.70. The van der Waals surface area contributed by atoms with Crippen LogP contribution in [0, 0.1) is 5.92 Å². The highest BCUT2D eigenvalue weighted by molar-refractivity contribution is 5.09. The predicted octanol–water partition coefficient (Wildman–Crippen LogP) is 2.77. The van der Waals surface area contributed by atoms with Crippen LogP contribution in [0.1, 0.15) is 34.1 Å². The highest BCUT2D eigenvalue weighted by atomic mass is 16.5. The van der Waals surface area contributed by atoms with Gasteiger partial charge in [0, 0.05) is 0 Å². The minimum atomic E-state index is 0.0417. The highest BCUT2D eigenvalue weighted by Gasteiger charge is 2.32. The Labute approximate surface area is 69.4 Å². The molecule has 1 saturated heterocycles. The number of ether oxygens (including phenoxy) is 1. The van der Waals surface area contributed by atoms with E-state index in [1.54, 1.807) is 0 Å². The van der Waals surface area contributed by atoms with Gasteiger partial charge in [0.15, 0.2) is 0 Å². The third-order valence-corrected chi connectivity index (χ3v) is 2.45. The molecule has 1 heteroatoms. The molecule has 1 fully saturated rings. The molecule has 0 saturated carbocycles. The second-order valence-corrected chi connectivity index (χ2v) is 4.20. The Morgan fingerprint density at radius 2 is 2.00 bits per heavy atom. The van der Waals surface area contributed by atoms with Gasteiger partial charge in [-0.05, 0) is 38.7 Å². The van der Waals surface area contributed by atoms with Gasteiger partial charge in [-0.25, -0.2) is 0 Å². The van der Waals surface area contributed by atoms with Gasteiger partial charge in [-0.3, -0.25) is 0 Å². The second-order valence-electron chi connectivity index (χ2n) is 4.20. The summed E-state index contributed by atoms with van der Waals surface area (Å²) >= 11 is 0. The van der Waals surface area contributed by atoms with Gasteiger partial charge in [0.05, 0.1) is 11.7 Å². The van der Waals surface area contributed by atoms with Gasteiger partial charge in [-0.1, -0.05) is 13.5 Å². The van der Waals surface area contributed by atoms with Crippen molar-refractivity contribution in [1.29, 1.82) is 0 Å². The molecule has 2 unspecified atom stereocenters. The molecule has 0 bridgehead atoms. The summed E-state index contributed by atoms with van der Waals surface area (Å²) in [4.78, 5) is 0. The van der Waals surface area contributed by atoms with E-state index in [2.05, 4.69) is 34.3 Å². The van der Waals surface area contributed by atoms with E-state index in [1.807, 2.05) is 0 Å². The van der Waals surface area contributed by atoms with Crippen molar-refractivity contribution in [2.75, 3.05) is 0 Å². The molecule has 1 heterocycles. The van der Waals surface area contributed by atoms with Crippen molar-refractivity contribution in [3.05, 3.63) is 12.2 Å². The maximum atomic E-state index is 5.76. The quantitative estimate of drug-likeness (QED) is 0.487. The van der Waals surface area contributed by atoms with Crippen LogP contribution in [0.5, 0.6) is 0 Å². The summed E-state index contributed by atoms with van der Waals surface area (Å²) in [6.07, 6.45) is 1.32. The van der Waals surface area contributed by atoms with Crippen molar-refractivity contribution < 1.29 is 4.74 Å². The van der Waals surface area contributed by atoms with Crippen LogP contribution in [0.25, 0.3) is 0 Å². The lowest BCUT2D eigenvalue weighted by Crippen LogP contribution is -2.38. The maximum Gasteiger partial charge on any atom is 0.0764 e. The Morgan fingerprint density at radius 1 is 1.45 bits per heavy atom. The van der Waals surface area contributed by atoms with Crippen molar-refractivity contribution >= 4 is 0 Å². The largest absolute Gasteiger partial charge is 0.368 e. The summed E-state index contributed by atoms with van der Waals surface area (Å²) in [6, 6.07) is 0. The zero-order valence-corrected chi connectivity index (χ0v) is 7.98. The van der Waals surface area contributed by atoms with Crippen molar-refractivity contribution in [3.8, 4) is 0 Å². The van der Waals surface area contributed by atoms with E-state index in [-0.39, 0.29) is 11.7 Å². The average Bonchev–Trinajstić information content (AvgIpc) is 1.81. The molecule has 0 aliphatic carbocycles. The lowest BCUT2D eigenvalue weighted by molar-refractivity contribution is -0.0850. The van der Waals surface area contributed by atoms with Crippen molar-refractivity contribution in [3.63, 3.8) is 0 Å². The first kappa shape index (κ1) is 8.79. The molecule has 0 aromatic heterocycles. The van der Waals surface area contributed by atoms with Crippen LogP contribution in [-0.2, 0) is 4.74 Å². The molecular formula is C10H18O. The molecule has 0 N–H and O–H groups in total. The van der Waals surface area contributed by atoms with Gasteiger partial charge >= 0.3 is 0 Å². The summed E-state index contributed by atoms with van der Waals surface area (Å²) in [6.45, 7) is 12.6. The molecule has 1 rings (SSSR count). The summed E-state index contributed by atoms with van der Waals surface area (Å²) in [5.41, 5.74) is 1.28. The molecule has 1 nitrogen and oxygen atoms in total. The molecule has 0 aromatic carbocycles. The average molecular weight is 154 g/mol. The lowest BCUT2D eigenvalue weighted by Gasteiger charge is -2.39. The molecule has 0 aromatic rings. The van der Waals surface area contributed by atoms with E-state index in [1.165, 1.54) is 5.57 Å². The molecule has 64 valence electrons. The topological polar surface area (TPSA) is 9.23 Å². The monoisotopic (exact) mass is 154 g/mol. The van der Waals surface area contributed by atoms with Crippen molar-refractivity contribution in [2.45, 2.75) is 45.8 Å². The van der Waals surface area contributed by atoms with E-state index in [0.717, 1.165) is 6.42 Å². The molecule has 11 heavy (non-hydrogen) atoms. The van der Waals surface area contributed by atoms with E-state index in [0.29, 0.717) is 5.92 Å². The molecular weight excluding hydrogens is 136 g/mol. The van der Waals surface area contributed by atoms with Crippen LogP contribution in [0.15, 0.2) is 12.2 Å². The summed E-state index contributed by atoms with van der Waals surface area (Å²) in [5.74, 6) is 0.605. The predicted molar refractivity (Wildman–Crippen MR) is 47.5 cm³/mol. The van der Waals surface area contributed by atoms with E-state index in [9.17, 15) is 0 Å². The Morgan fingerprint density at radius 3 is 2.45 bits per heavy atom. The third kappa shape index (κ3) is 1.84. The molecule has 0 spiro atoms. The standard InChI is InChI=1S/C10H18O/c1-7-6-10(4,5)11-9(3)8(7)2/h7,9H,2,6H2,1,3-5H3. The lowest BCUT2D eigenvalue weighted by atomic mass is 9.84. The molecule has 0 amide bonds. The van der Waals surface area contributed by atoms with Crippen LogP contribution in [0.4, 0.5) is 0 Å². The highest BCUT2D eigenvalue weighted by Crippen LogP contribution is 2.34. The fraction of sp³-hybridized carbons (Fsp3) is 0.800. The number of hydrogen-bond donors (Lipinski definition) is 0. The van der Waals surface area contributed by atoms with E-state index < -0.39 is 0 Å². The first-order chi connectivity index (χ1) is 4.92. The molecule has 1 aliphatic rings. The Bertz CT molecular complexity index is 154. The molecule has 1 aliphatic heterocycles. The Kier molecular flexibility index (Phi) is 2.10.